The summed E-state index contributed by atoms with van der Waals surface area (Å²) in [4.78, 5) is 4.95. The molecule has 0 amide bonds. The molecule has 2 nitrogen and oxygen atoms in total. The van der Waals surface area contributed by atoms with Crippen molar-refractivity contribution in [2.75, 3.05) is 0 Å². The predicted molar refractivity (Wildman–Crippen MR) is 72.5 cm³/mol. The molecule has 96 valence electrons. The minimum absolute atomic E-state index is 0.697. The van der Waals surface area contributed by atoms with Crippen LogP contribution in [-0.4, -0.2) is 9.55 Å². The lowest BCUT2D eigenvalue weighted by Crippen LogP contribution is -2.11. The summed E-state index contributed by atoms with van der Waals surface area (Å²) in [7, 11) is 0. The molecule has 17 heavy (non-hydrogen) atoms. The first-order valence-corrected chi connectivity index (χ1v) is 7.33. The molecule has 1 aromatic heterocycles. The highest BCUT2D eigenvalue weighted by Crippen LogP contribution is 2.30. The SMILES string of the molecule is CCCC(CCC)c1nc2n(c1C)CCCC2. The molecule has 1 aromatic rings. The second kappa shape index (κ2) is 5.70. The van der Waals surface area contributed by atoms with Crippen molar-refractivity contribution in [2.24, 2.45) is 0 Å². The first-order valence-electron chi connectivity index (χ1n) is 7.33. The zero-order valence-electron chi connectivity index (χ0n) is 11.6. The van der Waals surface area contributed by atoms with E-state index >= 15 is 0 Å². The zero-order chi connectivity index (χ0) is 12.3. The van der Waals surface area contributed by atoms with E-state index in [4.69, 9.17) is 4.98 Å². The third-order valence-electron chi connectivity index (χ3n) is 4.03. The quantitative estimate of drug-likeness (QED) is 0.746. The van der Waals surface area contributed by atoms with Gasteiger partial charge in [0.25, 0.3) is 0 Å². The van der Waals surface area contributed by atoms with Gasteiger partial charge in [0.1, 0.15) is 5.82 Å². The summed E-state index contributed by atoms with van der Waals surface area (Å²) in [5.74, 6) is 2.05. The Bertz CT molecular complexity index is 359. The van der Waals surface area contributed by atoms with Crippen LogP contribution in [0, 0.1) is 6.92 Å². The Morgan fingerprint density at radius 1 is 1.18 bits per heavy atom. The van der Waals surface area contributed by atoms with Crippen LogP contribution in [0.15, 0.2) is 0 Å². The van der Waals surface area contributed by atoms with Crippen LogP contribution in [0.25, 0.3) is 0 Å². The van der Waals surface area contributed by atoms with Gasteiger partial charge in [0.15, 0.2) is 0 Å². The normalized spacial score (nSPS) is 15.3. The molecule has 0 aliphatic carbocycles. The van der Waals surface area contributed by atoms with Gasteiger partial charge in [-0.3, -0.25) is 0 Å². The fourth-order valence-corrected chi connectivity index (χ4v) is 3.15. The van der Waals surface area contributed by atoms with Gasteiger partial charge in [-0.05, 0) is 32.6 Å². The monoisotopic (exact) mass is 234 g/mol. The van der Waals surface area contributed by atoms with Crippen molar-refractivity contribution in [3.05, 3.63) is 17.2 Å². The Balaban J connectivity index is 2.26. The number of aryl methyl sites for hydroxylation is 1. The van der Waals surface area contributed by atoms with Crippen LogP contribution in [0.5, 0.6) is 0 Å². The Hall–Kier alpha value is -0.790. The Morgan fingerprint density at radius 3 is 2.47 bits per heavy atom. The number of rotatable bonds is 5. The molecule has 2 rings (SSSR count). The Kier molecular flexibility index (Phi) is 4.25. The molecule has 0 unspecified atom stereocenters. The third kappa shape index (κ3) is 2.56. The van der Waals surface area contributed by atoms with Crippen molar-refractivity contribution in [1.29, 1.82) is 0 Å². The van der Waals surface area contributed by atoms with E-state index < -0.39 is 0 Å². The fourth-order valence-electron chi connectivity index (χ4n) is 3.15. The van der Waals surface area contributed by atoms with Gasteiger partial charge in [0, 0.05) is 24.6 Å². The molecule has 0 radical (unpaired) electrons. The van der Waals surface area contributed by atoms with E-state index in [-0.39, 0.29) is 0 Å². The van der Waals surface area contributed by atoms with Crippen molar-refractivity contribution in [1.82, 2.24) is 9.55 Å². The first-order chi connectivity index (χ1) is 8.27. The van der Waals surface area contributed by atoms with Crippen molar-refractivity contribution >= 4 is 0 Å². The van der Waals surface area contributed by atoms with Gasteiger partial charge in [-0.1, -0.05) is 26.7 Å². The molecule has 1 aliphatic heterocycles. The molecular formula is C15H26N2. The number of imidazole rings is 1. The van der Waals surface area contributed by atoms with Crippen LogP contribution in [0.1, 0.15) is 75.5 Å². The lowest BCUT2D eigenvalue weighted by atomic mass is 9.94. The predicted octanol–water partition coefficient (Wildman–Crippen LogP) is 4.21. The number of nitrogens with zero attached hydrogens (tertiary/aromatic N) is 2. The summed E-state index contributed by atoms with van der Waals surface area (Å²) in [5.41, 5.74) is 2.86. The van der Waals surface area contributed by atoms with Crippen LogP contribution >= 0.6 is 0 Å². The van der Waals surface area contributed by atoms with Crippen LogP contribution in [-0.2, 0) is 13.0 Å². The van der Waals surface area contributed by atoms with Gasteiger partial charge in [-0.15, -0.1) is 0 Å². The van der Waals surface area contributed by atoms with Gasteiger partial charge in [0.05, 0.1) is 5.69 Å². The summed E-state index contributed by atoms with van der Waals surface area (Å²) in [6, 6.07) is 0. The van der Waals surface area contributed by atoms with E-state index in [0.29, 0.717) is 5.92 Å². The lowest BCUT2D eigenvalue weighted by molar-refractivity contribution is 0.514. The maximum atomic E-state index is 4.95. The van der Waals surface area contributed by atoms with Crippen LogP contribution < -0.4 is 0 Å². The third-order valence-corrected chi connectivity index (χ3v) is 4.03. The summed E-state index contributed by atoms with van der Waals surface area (Å²) in [5, 5.41) is 0. The molecule has 2 heterocycles. The molecular weight excluding hydrogens is 208 g/mol. The van der Waals surface area contributed by atoms with Crippen LogP contribution in [0.2, 0.25) is 0 Å². The Labute approximate surface area is 105 Å². The van der Waals surface area contributed by atoms with Gasteiger partial charge in [-0.25, -0.2) is 4.98 Å². The average molecular weight is 234 g/mol. The van der Waals surface area contributed by atoms with Crippen molar-refractivity contribution in [3.63, 3.8) is 0 Å². The van der Waals surface area contributed by atoms with Crippen LogP contribution in [0.3, 0.4) is 0 Å². The van der Waals surface area contributed by atoms with Gasteiger partial charge < -0.3 is 4.57 Å². The lowest BCUT2D eigenvalue weighted by Gasteiger charge is -2.16. The smallest absolute Gasteiger partial charge is 0.109 e. The minimum Gasteiger partial charge on any atom is -0.332 e. The van der Waals surface area contributed by atoms with Gasteiger partial charge in [0.2, 0.25) is 0 Å². The maximum absolute atomic E-state index is 4.95. The summed E-state index contributed by atoms with van der Waals surface area (Å²) >= 11 is 0. The van der Waals surface area contributed by atoms with E-state index in [0.717, 1.165) is 0 Å². The largest absolute Gasteiger partial charge is 0.332 e. The molecule has 0 aromatic carbocycles. The summed E-state index contributed by atoms with van der Waals surface area (Å²) in [6.07, 6.45) is 8.97. The van der Waals surface area contributed by atoms with E-state index in [9.17, 15) is 0 Å². The first kappa shape index (κ1) is 12.7. The van der Waals surface area contributed by atoms with Gasteiger partial charge >= 0.3 is 0 Å². The zero-order valence-corrected chi connectivity index (χ0v) is 11.6. The van der Waals surface area contributed by atoms with Crippen molar-refractivity contribution in [3.8, 4) is 0 Å². The second-order valence-corrected chi connectivity index (χ2v) is 5.38. The second-order valence-electron chi connectivity index (χ2n) is 5.38. The van der Waals surface area contributed by atoms with E-state index in [1.165, 1.54) is 68.7 Å². The standard InChI is InChI=1S/C15H26N2/c1-4-8-13(9-5-2)15-12(3)17-11-7-6-10-14(17)16-15/h13H,4-11H2,1-3H3. The molecule has 0 fully saturated rings. The molecule has 0 saturated carbocycles. The van der Waals surface area contributed by atoms with Gasteiger partial charge in [-0.2, -0.15) is 0 Å². The average Bonchev–Trinajstić information content (AvgIpc) is 2.67. The molecule has 0 atom stereocenters. The Morgan fingerprint density at radius 2 is 1.88 bits per heavy atom. The number of hydrogen-bond acceptors (Lipinski definition) is 1. The van der Waals surface area contributed by atoms with E-state index in [2.05, 4.69) is 25.3 Å². The highest BCUT2D eigenvalue weighted by Gasteiger charge is 2.21. The topological polar surface area (TPSA) is 17.8 Å². The maximum Gasteiger partial charge on any atom is 0.109 e. The molecule has 2 heteroatoms. The highest BCUT2D eigenvalue weighted by molar-refractivity contribution is 5.21. The van der Waals surface area contributed by atoms with E-state index in [1.54, 1.807) is 0 Å². The molecule has 0 N–H and O–H groups in total. The van der Waals surface area contributed by atoms with Crippen LogP contribution in [0.4, 0.5) is 0 Å². The molecule has 0 bridgehead atoms. The minimum atomic E-state index is 0.697. The molecule has 0 saturated heterocycles. The molecule has 1 aliphatic rings. The fraction of sp³-hybridized carbons (Fsp3) is 0.800. The number of hydrogen-bond donors (Lipinski definition) is 0. The number of aromatic nitrogens is 2. The highest BCUT2D eigenvalue weighted by atomic mass is 15.1. The molecule has 0 spiro atoms. The summed E-state index contributed by atoms with van der Waals surface area (Å²) in [6.45, 7) is 8.04. The number of fused-ring (bicyclic) bond motifs is 1. The summed E-state index contributed by atoms with van der Waals surface area (Å²) < 4.78 is 2.47. The van der Waals surface area contributed by atoms with Crippen molar-refractivity contribution < 1.29 is 0 Å². The van der Waals surface area contributed by atoms with E-state index in [1.807, 2.05) is 0 Å². The van der Waals surface area contributed by atoms with Crippen molar-refractivity contribution in [2.45, 2.75) is 78.2 Å².